The van der Waals surface area contributed by atoms with Crippen molar-refractivity contribution in [3.8, 4) is 11.4 Å². The molecule has 0 aliphatic heterocycles. The number of hydrogen-bond acceptors (Lipinski definition) is 8. The molecular weight excluding hydrogens is 513 g/mol. The zero-order chi connectivity index (χ0) is 24.7. The van der Waals surface area contributed by atoms with E-state index < -0.39 is 0 Å². The van der Waals surface area contributed by atoms with Gasteiger partial charge in [0.25, 0.3) is 0 Å². The molecule has 36 heavy (non-hydrogen) atoms. The van der Waals surface area contributed by atoms with Crippen LogP contribution in [-0.4, -0.2) is 43.5 Å². The summed E-state index contributed by atoms with van der Waals surface area (Å²) in [6.45, 7) is 0. The molecule has 2 amide bonds. The Morgan fingerprint density at radius 3 is 2.28 bits per heavy atom. The van der Waals surface area contributed by atoms with Crippen LogP contribution in [0.1, 0.15) is 0 Å². The fourth-order valence-corrected chi connectivity index (χ4v) is 5.76. The molecule has 5 rings (SSSR count). The van der Waals surface area contributed by atoms with Gasteiger partial charge in [-0.25, -0.2) is 9.97 Å². The highest BCUT2D eigenvalue weighted by molar-refractivity contribution is 8.01. The predicted octanol–water partition coefficient (Wildman–Crippen LogP) is 5.54. The van der Waals surface area contributed by atoms with Crippen LogP contribution in [0.25, 0.3) is 21.6 Å². The molecule has 0 atom stereocenters. The van der Waals surface area contributed by atoms with Crippen molar-refractivity contribution in [1.29, 1.82) is 0 Å². The molecule has 5 aromatic rings. The minimum absolute atomic E-state index is 0.0850. The van der Waals surface area contributed by atoms with E-state index in [1.807, 2.05) is 78.9 Å². The summed E-state index contributed by atoms with van der Waals surface area (Å²) in [4.78, 5) is 33.7. The Balaban J connectivity index is 1.13. The lowest BCUT2D eigenvalue weighted by atomic mass is 10.2. The first-order valence-electron chi connectivity index (χ1n) is 10.9. The number of H-pyrrole nitrogens is 1. The van der Waals surface area contributed by atoms with E-state index in [-0.39, 0.29) is 23.3 Å². The van der Waals surface area contributed by atoms with Crippen LogP contribution in [0.2, 0.25) is 0 Å². The summed E-state index contributed by atoms with van der Waals surface area (Å²) in [6.07, 6.45) is 0. The van der Waals surface area contributed by atoms with Crippen LogP contribution in [0.3, 0.4) is 0 Å². The largest absolute Gasteiger partial charge is 0.325 e. The summed E-state index contributed by atoms with van der Waals surface area (Å²) in [5.74, 6) is 0.883. The van der Waals surface area contributed by atoms with Gasteiger partial charge < -0.3 is 10.6 Å². The minimum atomic E-state index is -0.151. The summed E-state index contributed by atoms with van der Waals surface area (Å²) >= 11 is 4.14. The third-order valence-corrected chi connectivity index (χ3v) is 7.89. The molecule has 0 aliphatic rings. The van der Waals surface area contributed by atoms with Crippen LogP contribution in [-0.2, 0) is 9.59 Å². The molecular formula is C25H20N6O2S3. The maximum Gasteiger partial charge on any atom is 0.234 e. The van der Waals surface area contributed by atoms with E-state index in [1.54, 1.807) is 0 Å². The Kier molecular flexibility index (Phi) is 7.60. The van der Waals surface area contributed by atoms with Gasteiger partial charge in [-0.3, -0.25) is 14.7 Å². The minimum Gasteiger partial charge on any atom is -0.325 e. The third kappa shape index (κ3) is 6.30. The van der Waals surface area contributed by atoms with E-state index >= 15 is 0 Å². The van der Waals surface area contributed by atoms with E-state index in [0.29, 0.717) is 16.7 Å². The Hall–Kier alpha value is -3.67. The van der Waals surface area contributed by atoms with Gasteiger partial charge in [0.2, 0.25) is 17.0 Å². The number of para-hydroxylation sites is 1. The Morgan fingerprint density at radius 2 is 1.50 bits per heavy atom. The van der Waals surface area contributed by atoms with Gasteiger partial charge in [0.1, 0.15) is 0 Å². The van der Waals surface area contributed by atoms with Gasteiger partial charge in [0.05, 0.1) is 21.7 Å². The summed E-state index contributed by atoms with van der Waals surface area (Å²) < 4.78 is 1.74. The summed E-state index contributed by atoms with van der Waals surface area (Å²) in [5.41, 5.74) is 3.22. The molecule has 2 aromatic heterocycles. The third-order valence-electron chi connectivity index (χ3n) is 4.88. The molecule has 0 saturated carbocycles. The number of rotatable bonds is 9. The first kappa shape index (κ1) is 24.0. The van der Waals surface area contributed by atoms with Crippen LogP contribution < -0.4 is 10.6 Å². The van der Waals surface area contributed by atoms with E-state index in [0.717, 1.165) is 25.8 Å². The maximum absolute atomic E-state index is 12.5. The van der Waals surface area contributed by atoms with Crippen molar-refractivity contribution in [2.45, 2.75) is 9.50 Å². The van der Waals surface area contributed by atoms with Crippen molar-refractivity contribution >= 4 is 68.3 Å². The zero-order valence-corrected chi connectivity index (χ0v) is 21.3. The van der Waals surface area contributed by atoms with Crippen molar-refractivity contribution in [2.75, 3.05) is 22.1 Å². The summed E-state index contributed by atoms with van der Waals surface area (Å²) in [5, 5.41) is 13.4. The van der Waals surface area contributed by atoms with E-state index in [1.165, 1.54) is 34.9 Å². The number of nitrogens with zero attached hydrogens (tertiary/aromatic N) is 3. The van der Waals surface area contributed by atoms with Gasteiger partial charge in [-0.15, -0.1) is 16.4 Å². The second kappa shape index (κ2) is 11.4. The highest BCUT2D eigenvalue weighted by Gasteiger charge is 2.12. The molecule has 0 radical (unpaired) electrons. The fraction of sp³-hybridized carbons (Fsp3) is 0.0800. The lowest BCUT2D eigenvalue weighted by molar-refractivity contribution is -0.114. The Morgan fingerprint density at radius 1 is 0.806 bits per heavy atom. The van der Waals surface area contributed by atoms with Gasteiger partial charge in [0, 0.05) is 16.9 Å². The molecule has 0 spiro atoms. The number of thioether (sulfide) groups is 2. The first-order valence-corrected chi connectivity index (χ1v) is 13.7. The molecule has 3 N–H and O–H groups in total. The molecule has 180 valence electrons. The van der Waals surface area contributed by atoms with Crippen molar-refractivity contribution in [3.63, 3.8) is 0 Å². The van der Waals surface area contributed by atoms with Crippen LogP contribution in [0.15, 0.2) is 88.4 Å². The first-order chi connectivity index (χ1) is 17.6. The number of thiazole rings is 1. The average Bonchev–Trinajstić information content (AvgIpc) is 3.54. The standard InChI is InChI=1S/C25H20N6O2S3/c32-21(14-34-24-29-23(30-31-24)16-7-3-1-4-8-16)27-18-11-12-19-20(13-18)36-25(28-19)35-15-22(33)26-17-9-5-2-6-10-17/h1-13H,14-15H2,(H,26,33)(H,27,32)(H,29,30,31). The normalized spacial score (nSPS) is 10.9. The Bertz CT molecular complexity index is 1490. The molecule has 0 saturated heterocycles. The van der Waals surface area contributed by atoms with Crippen molar-refractivity contribution in [2.24, 2.45) is 0 Å². The van der Waals surface area contributed by atoms with Gasteiger partial charge in [-0.1, -0.05) is 72.1 Å². The highest BCUT2D eigenvalue weighted by Crippen LogP contribution is 2.31. The van der Waals surface area contributed by atoms with Crippen LogP contribution in [0.5, 0.6) is 0 Å². The quantitative estimate of drug-likeness (QED) is 0.214. The van der Waals surface area contributed by atoms with Gasteiger partial charge in [0.15, 0.2) is 10.2 Å². The van der Waals surface area contributed by atoms with Crippen molar-refractivity contribution < 1.29 is 9.59 Å². The number of hydrogen-bond donors (Lipinski definition) is 3. The number of carbonyl (C=O) groups excluding carboxylic acids is 2. The van der Waals surface area contributed by atoms with E-state index in [2.05, 4.69) is 30.8 Å². The number of amides is 2. The zero-order valence-electron chi connectivity index (χ0n) is 18.8. The van der Waals surface area contributed by atoms with Gasteiger partial charge in [-0.05, 0) is 30.3 Å². The highest BCUT2D eigenvalue weighted by atomic mass is 32.2. The number of aromatic amines is 1. The second-order valence-electron chi connectivity index (χ2n) is 7.53. The molecule has 3 aromatic carbocycles. The van der Waals surface area contributed by atoms with Crippen molar-refractivity contribution in [1.82, 2.24) is 20.2 Å². The summed E-state index contributed by atoms with van der Waals surface area (Å²) in [7, 11) is 0. The van der Waals surface area contributed by atoms with Crippen LogP contribution in [0, 0.1) is 0 Å². The fourth-order valence-electron chi connectivity index (χ4n) is 3.25. The number of aromatic nitrogens is 4. The lowest BCUT2D eigenvalue weighted by Crippen LogP contribution is -2.14. The second-order valence-corrected chi connectivity index (χ2v) is 10.7. The van der Waals surface area contributed by atoms with E-state index in [9.17, 15) is 9.59 Å². The number of carbonyl (C=O) groups is 2. The number of anilines is 2. The maximum atomic E-state index is 12.5. The summed E-state index contributed by atoms with van der Waals surface area (Å²) in [6, 6.07) is 24.6. The molecule has 0 aliphatic carbocycles. The number of nitrogens with one attached hydrogen (secondary N) is 3. The smallest absolute Gasteiger partial charge is 0.234 e. The number of fused-ring (bicyclic) bond motifs is 1. The molecule has 8 nitrogen and oxygen atoms in total. The van der Waals surface area contributed by atoms with Crippen LogP contribution >= 0.6 is 34.9 Å². The molecule has 0 unspecified atom stereocenters. The van der Waals surface area contributed by atoms with Crippen molar-refractivity contribution in [3.05, 3.63) is 78.9 Å². The SMILES string of the molecule is O=C(CSc1n[nH]c(-c2ccccc2)n1)Nc1ccc2nc(SCC(=O)Nc3ccccc3)sc2c1. The van der Waals surface area contributed by atoms with Crippen LogP contribution in [0.4, 0.5) is 11.4 Å². The molecule has 0 bridgehead atoms. The number of benzene rings is 3. The lowest BCUT2D eigenvalue weighted by Gasteiger charge is -2.03. The predicted molar refractivity (Wildman–Crippen MR) is 147 cm³/mol. The van der Waals surface area contributed by atoms with Gasteiger partial charge >= 0.3 is 0 Å². The molecule has 11 heteroatoms. The molecule has 0 fully saturated rings. The van der Waals surface area contributed by atoms with Gasteiger partial charge in [-0.2, -0.15) is 0 Å². The van der Waals surface area contributed by atoms with E-state index in [4.69, 9.17) is 0 Å². The molecule has 2 heterocycles. The topological polar surface area (TPSA) is 113 Å². The average molecular weight is 533 g/mol. The Labute approximate surface area is 219 Å². The monoisotopic (exact) mass is 532 g/mol.